The largest absolute Gasteiger partial charge is 0.490 e. The van der Waals surface area contributed by atoms with Crippen molar-refractivity contribution >= 4 is 33.5 Å². The van der Waals surface area contributed by atoms with Crippen LogP contribution in [0.2, 0.25) is 0 Å². The Balaban J connectivity index is 1.60. The van der Waals surface area contributed by atoms with Crippen LogP contribution in [0.15, 0.2) is 93.1 Å². The molecule has 0 saturated heterocycles. The molecule has 6 rings (SSSR count). The number of aryl methyl sites for hydroxylation is 1. The summed E-state index contributed by atoms with van der Waals surface area (Å²) in [6.45, 7) is 5.78. The fraction of sp³-hybridized carbons (Fsp3) is 0.107. The quantitative estimate of drug-likeness (QED) is 0.250. The second kappa shape index (κ2) is 7.99. The minimum absolute atomic E-state index is 0.0106. The van der Waals surface area contributed by atoms with Gasteiger partial charge in [0.15, 0.2) is 11.2 Å². The van der Waals surface area contributed by atoms with Crippen LogP contribution >= 0.6 is 0 Å². The molecule has 35 heavy (non-hydrogen) atoms. The summed E-state index contributed by atoms with van der Waals surface area (Å²) in [6, 6.07) is 19.4. The molecule has 7 nitrogen and oxygen atoms in total. The highest BCUT2D eigenvalue weighted by molar-refractivity contribution is 6.12. The molecule has 2 aromatic heterocycles. The lowest BCUT2D eigenvalue weighted by Crippen LogP contribution is -2.29. The Morgan fingerprint density at radius 3 is 2.60 bits per heavy atom. The third-order valence-electron chi connectivity index (χ3n) is 6.19. The number of benzene rings is 3. The van der Waals surface area contributed by atoms with E-state index in [0.717, 1.165) is 16.3 Å². The molecule has 172 valence electrons. The zero-order chi connectivity index (χ0) is 24.1. The number of anilines is 1. The second-order valence-corrected chi connectivity index (χ2v) is 8.38. The number of carbonyl (C=O) groups is 1. The zero-order valence-electron chi connectivity index (χ0n) is 18.9. The van der Waals surface area contributed by atoms with E-state index >= 15 is 0 Å². The van der Waals surface area contributed by atoms with Crippen molar-refractivity contribution in [2.45, 2.75) is 13.0 Å². The molecule has 0 spiro atoms. The fourth-order valence-corrected chi connectivity index (χ4v) is 4.62. The summed E-state index contributed by atoms with van der Waals surface area (Å²) < 4.78 is 17.1. The van der Waals surface area contributed by atoms with E-state index in [2.05, 4.69) is 11.7 Å². The predicted octanol–water partition coefficient (Wildman–Crippen LogP) is 5.56. The maximum atomic E-state index is 13.9. The van der Waals surface area contributed by atoms with E-state index in [9.17, 15) is 9.59 Å². The standard InChI is InChI=1S/C28H20N2O5/c1-3-14-33-19-11-8-18(9-12-19)24-23-25(31)21-13-10-17-6-4-5-7-20(17)26(21)34-27(23)28(32)30(24)22-15-16(2)35-29-22/h3-13,15,24H,1,14H2,2H3. The maximum Gasteiger partial charge on any atom is 0.296 e. The van der Waals surface area contributed by atoms with Crippen LogP contribution in [-0.2, 0) is 0 Å². The SMILES string of the molecule is C=CCOc1ccc(C2c3c(oc4c(ccc5ccccc54)c3=O)C(=O)N2c2cc(C)on2)cc1. The summed E-state index contributed by atoms with van der Waals surface area (Å²) in [5.74, 6) is 1.07. The molecule has 0 aliphatic carbocycles. The third kappa shape index (κ3) is 3.24. The maximum absolute atomic E-state index is 13.9. The van der Waals surface area contributed by atoms with Gasteiger partial charge in [-0.15, -0.1) is 0 Å². The smallest absolute Gasteiger partial charge is 0.296 e. The first-order valence-corrected chi connectivity index (χ1v) is 11.2. The Kier molecular flexibility index (Phi) is 4.77. The van der Waals surface area contributed by atoms with Gasteiger partial charge in [-0.1, -0.05) is 60.3 Å². The van der Waals surface area contributed by atoms with Crippen molar-refractivity contribution in [2.24, 2.45) is 0 Å². The average Bonchev–Trinajstić information content (AvgIpc) is 3.43. The Hall–Kier alpha value is -4.65. The Morgan fingerprint density at radius 1 is 1.06 bits per heavy atom. The fourth-order valence-electron chi connectivity index (χ4n) is 4.62. The van der Waals surface area contributed by atoms with Crippen LogP contribution in [0, 0.1) is 6.92 Å². The number of ether oxygens (including phenoxy) is 1. The number of hydrogen-bond donors (Lipinski definition) is 0. The van der Waals surface area contributed by atoms with Gasteiger partial charge in [0.25, 0.3) is 5.91 Å². The summed E-state index contributed by atoms with van der Waals surface area (Å²) >= 11 is 0. The highest BCUT2D eigenvalue weighted by Crippen LogP contribution is 2.42. The number of carbonyl (C=O) groups excluding carboxylic acids is 1. The molecule has 5 aromatic rings. The van der Waals surface area contributed by atoms with Crippen LogP contribution in [0.25, 0.3) is 21.7 Å². The molecule has 1 aliphatic rings. The van der Waals surface area contributed by atoms with Crippen LogP contribution in [-0.4, -0.2) is 17.7 Å². The number of amides is 1. The number of nitrogens with zero attached hydrogens (tertiary/aromatic N) is 2. The molecule has 0 N–H and O–H groups in total. The van der Waals surface area contributed by atoms with Crippen molar-refractivity contribution in [3.63, 3.8) is 0 Å². The molecule has 0 fully saturated rings. The summed E-state index contributed by atoms with van der Waals surface area (Å²) in [6.07, 6.45) is 1.66. The van der Waals surface area contributed by atoms with Crippen molar-refractivity contribution in [3.8, 4) is 5.75 Å². The summed E-state index contributed by atoms with van der Waals surface area (Å²) in [7, 11) is 0. The Morgan fingerprint density at radius 2 is 1.86 bits per heavy atom. The summed E-state index contributed by atoms with van der Waals surface area (Å²) in [5.41, 5.74) is 1.14. The molecule has 1 unspecified atom stereocenters. The van der Waals surface area contributed by atoms with Gasteiger partial charge in [0, 0.05) is 11.5 Å². The molecule has 1 atom stereocenters. The van der Waals surface area contributed by atoms with E-state index in [1.54, 1.807) is 37.3 Å². The van der Waals surface area contributed by atoms with Crippen molar-refractivity contribution < 1.29 is 18.5 Å². The lowest BCUT2D eigenvalue weighted by Gasteiger charge is -2.22. The molecule has 0 radical (unpaired) electrons. The first-order chi connectivity index (χ1) is 17.1. The van der Waals surface area contributed by atoms with E-state index in [0.29, 0.717) is 34.9 Å². The summed E-state index contributed by atoms with van der Waals surface area (Å²) in [5, 5.41) is 6.18. The lowest BCUT2D eigenvalue weighted by atomic mass is 9.97. The van der Waals surface area contributed by atoms with E-state index in [-0.39, 0.29) is 16.8 Å². The van der Waals surface area contributed by atoms with Crippen LogP contribution in [0.4, 0.5) is 5.82 Å². The number of hydrogen-bond acceptors (Lipinski definition) is 6. The van der Waals surface area contributed by atoms with Gasteiger partial charge in [-0.3, -0.25) is 14.5 Å². The van der Waals surface area contributed by atoms with Crippen molar-refractivity contribution in [1.82, 2.24) is 5.16 Å². The van der Waals surface area contributed by atoms with Crippen LogP contribution in [0.5, 0.6) is 5.75 Å². The lowest BCUT2D eigenvalue weighted by molar-refractivity contribution is 0.0969. The molecule has 1 amide bonds. The van der Waals surface area contributed by atoms with Crippen molar-refractivity contribution in [2.75, 3.05) is 11.5 Å². The molecule has 0 saturated carbocycles. The van der Waals surface area contributed by atoms with Crippen LogP contribution in [0.1, 0.15) is 33.5 Å². The molecule has 1 aliphatic heterocycles. The minimum Gasteiger partial charge on any atom is -0.490 e. The second-order valence-electron chi connectivity index (χ2n) is 8.38. The zero-order valence-corrected chi connectivity index (χ0v) is 18.9. The van der Waals surface area contributed by atoms with E-state index in [1.165, 1.54) is 4.90 Å². The van der Waals surface area contributed by atoms with Crippen molar-refractivity contribution in [3.05, 3.63) is 112 Å². The minimum atomic E-state index is -0.734. The van der Waals surface area contributed by atoms with Gasteiger partial charge < -0.3 is 13.7 Å². The average molecular weight is 464 g/mol. The van der Waals surface area contributed by atoms with Gasteiger partial charge in [-0.2, -0.15) is 0 Å². The van der Waals surface area contributed by atoms with E-state index in [4.69, 9.17) is 13.7 Å². The molecule has 0 bridgehead atoms. The van der Waals surface area contributed by atoms with Gasteiger partial charge in [-0.05, 0) is 36.1 Å². The Bertz CT molecular complexity index is 1680. The third-order valence-corrected chi connectivity index (χ3v) is 6.19. The van der Waals surface area contributed by atoms with Crippen LogP contribution < -0.4 is 15.1 Å². The topological polar surface area (TPSA) is 85.8 Å². The summed E-state index contributed by atoms with van der Waals surface area (Å²) in [4.78, 5) is 29.0. The Labute approximate surface area is 199 Å². The van der Waals surface area contributed by atoms with Gasteiger partial charge in [-0.25, -0.2) is 0 Å². The predicted molar refractivity (Wildman–Crippen MR) is 132 cm³/mol. The van der Waals surface area contributed by atoms with Crippen LogP contribution in [0.3, 0.4) is 0 Å². The highest BCUT2D eigenvalue weighted by Gasteiger charge is 2.45. The monoisotopic (exact) mass is 464 g/mol. The van der Waals surface area contributed by atoms with Gasteiger partial charge >= 0.3 is 0 Å². The molecule has 3 aromatic carbocycles. The van der Waals surface area contributed by atoms with E-state index in [1.807, 2.05) is 42.5 Å². The van der Waals surface area contributed by atoms with E-state index < -0.39 is 11.9 Å². The first kappa shape index (κ1) is 20.9. The number of aromatic nitrogens is 1. The molecule has 7 heteroatoms. The van der Waals surface area contributed by atoms with Gasteiger partial charge in [0.05, 0.1) is 17.0 Å². The normalized spacial score (nSPS) is 15.1. The van der Waals surface area contributed by atoms with Gasteiger partial charge in [0.2, 0.25) is 5.76 Å². The first-order valence-electron chi connectivity index (χ1n) is 11.2. The molecule has 3 heterocycles. The molecular weight excluding hydrogens is 444 g/mol. The number of fused-ring (bicyclic) bond motifs is 4. The van der Waals surface area contributed by atoms with Gasteiger partial charge in [0.1, 0.15) is 23.7 Å². The van der Waals surface area contributed by atoms with Crippen molar-refractivity contribution in [1.29, 1.82) is 0 Å². The highest BCUT2D eigenvalue weighted by atomic mass is 16.5. The number of rotatable bonds is 5. The molecular formula is C28H20N2O5.